The zero-order chi connectivity index (χ0) is 9.68. The van der Waals surface area contributed by atoms with Crippen molar-refractivity contribution in [3.63, 3.8) is 0 Å². The monoisotopic (exact) mass is 248 g/mol. The molecule has 13 heavy (non-hydrogen) atoms. The second-order valence-electron chi connectivity index (χ2n) is 3.69. The van der Waals surface area contributed by atoms with Crippen LogP contribution in [0.4, 0.5) is 0 Å². The Morgan fingerprint density at radius 2 is 2.31 bits per heavy atom. The van der Waals surface area contributed by atoms with Gasteiger partial charge in [-0.2, -0.15) is 0 Å². The van der Waals surface area contributed by atoms with E-state index in [0.717, 1.165) is 24.1 Å². The van der Waals surface area contributed by atoms with Gasteiger partial charge in [-0.05, 0) is 24.7 Å². The molecular weight excluding hydrogens is 232 g/mol. The second-order valence-corrected chi connectivity index (χ2v) is 4.34. The van der Waals surface area contributed by atoms with E-state index in [1.54, 1.807) is 0 Å². The van der Waals surface area contributed by atoms with Crippen molar-refractivity contribution < 1.29 is 9.53 Å². The number of carbonyl (C=O) groups is 1. The Kier molecular flexibility index (Phi) is 4.78. The number of rotatable bonds is 6. The predicted molar refractivity (Wildman–Crippen MR) is 55.9 cm³/mol. The third kappa shape index (κ3) is 4.12. The molecule has 0 aromatic heterocycles. The Balaban J connectivity index is 1.99. The van der Waals surface area contributed by atoms with Crippen LogP contribution in [0.5, 0.6) is 0 Å². The number of esters is 1. The number of unbranched alkanes of at least 4 members (excludes halogenated alkanes) is 1. The topological polar surface area (TPSA) is 26.3 Å². The van der Waals surface area contributed by atoms with Crippen LogP contribution in [0.2, 0.25) is 0 Å². The number of alkyl halides is 1. The molecule has 0 bridgehead atoms. The standard InChI is InChI=1S/C10H17BrO2/c1-2-3-4-13-10(12)6-8-5-9(8)7-11/h8-9H,2-7H2,1H3/t8-,9+/m0/s1. The summed E-state index contributed by atoms with van der Waals surface area (Å²) in [6, 6.07) is 0. The molecule has 1 saturated carbocycles. The van der Waals surface area contributed by atoms with Crippen LogP contribution in [-0.2, 0) is 9.53 Å². The predicted octanol–water partition coefficient (Wildman–Crippen LogP) is 2.75. The Morgan fingerprint density at radius 3 is 2.85 bits per heavy atom. The number of hydrogen-bond acceptors (Lipinski definition) is 2. The summed E-state index contributed by atoms with van der Waals surface area (Å²) in [4.78, 5) is 11.2. The third-order valence-electron chi connectivity index (χ3n) is 2.46. The molecule has 0 aromatic carbocycles. The van der Waals surface area contributed by atoms with Gasteiger partial charge in [-0.25, -0.2) is 0 Å². The van der Waals surface area contributed by atoms with E-state index < -0.39 is 0 Å². The number of ether oxygens (including phenoxy) is 1. The lowest BCUT2D eigenvalue weighted by atomic mass is 10.2. The summed E-state index contributed by atoms with van der Waals surface area (Å²) < 4.78 is 5.07. The fraction of sp³-hybridized carbons (Fsp3) is 0.900. The van der Waals surface area contributed by atoms with Crippen molar-refractivity contribution in [1.82, 2.24) is 0 Å². The first-order chi connectivity index (χ1) is 6.27. The van der Waals surface area contributed by atoms with Crippen LogP contribution in [0.3, 0.4) is 0 Å². The Bertz CT molecular complexity index is 170. The molecule has 0 spiro atoms. The van der Waals surface area contributed by atoms with Gasteiger partial charge < -0.3 is 4.74 Å². The lowest BCUT2D eigenvalue weighted by molar-refractivity contribution is -0.144. The maximum absolute atomic E-state index is 11.2. The molecular formula is C10H17BrO2. The minimum absolute atomic E-state index is 0.0121. The van der Waals surface area contributed by atoms with Crippen molar-refractivity contribution >= 4 is 21.9 Å². The van der Waals surface area contributed by atoms with E-state index in [1.807, 2.05) is 0 Å². The molecule has 2 nitrogen and oxygen atoms in total. The Hall–Kier alpha value is -0.0500. The average Bonchev–Trinajstić information content (AvgIpc) is 2.84. The zero-order valence-electron chi connectivity index (χ0n) is 8.09. The van der Waals surface area contributed by atoms with Gasteiger partial charge >= 0.3 is 5.97 Å². The molecule has 2 atom stereocenters. The quantitative estimate of drug-likeness (QED) is 0.411. The van der Waals surface area contributed by atoms with Gasteiger partial charge in [-0.3, -0.25) is 4.79 Å². The largest absolute Gasteiger partial charge is 0.466 e. The lowest BCUT2D eigenvalue weighted by Gasteiger charge is -2.02. The summed E-state index contributed by atoms with van der Waals surface area (Å²) in [7, 11) is 0. The van der Waals surface area contributed by atoms with Gasteiger partial charge in [0.15, 0.2) is 0 Å². The molecule has 0 radical (unpaired) electrons. The van der Waals surface area contributed by atoms with E-state index in [2.05, 4.69) is 22.9 Å². The molecule has 0 amide bonds. The van der Waals surface area contributed by atoms with E-state index >= 15 is 0 Å². The van der Waals surface area contributed by atoms with Gasteiger partial charge in [0.2, 0.25) is 0 Å². The van der Waals surface area contributed by atoms with Crippen LogP contribution in [0.25, 0.3) is 0 Å². The van der Waals surface area contributed by atoms with E-state index in [9.17, 15) is 4.79 Å². The second kappa shape index (κ2) is 5.63. The highest BCUT2D eigenvalue weighted by Crippen LogP contribution is 2.42. The van der Waals surface area contributed by atoms with E-state index in [1.165, 1.54) is 6.42 Å². The van der Waals surface area contributed by atoms with Gasteiger partial charge in [0.25, 0.3) is 0 Å². The van der Waals surface area contributed by atoms with Crippen molar-refractivity contribution in [3.05, 3.63) is 0 Å². The lowest BCUT2D eigenvalue weighted by Crippen LogP contribution is -2.07. The molecule has 1 aliphatic rings. The number of hydrogen-bond donors (Lipinski definition) is 0. The molecule has 1 aliphatic carbocycles. The van der Waals surface area contributed by atoms with Crippen molar-refractivity contribution in [1.29, 1.82) is 0 Å². The van der Waals surface area contributed by atoms with Crippen LogP contribution in [0, 0.1) is 11.8 Å². The van der Waals surface area contributed by atoms with Crippen LogP contribution >= 0.6 is 15.9 Å². The average molecular weight is 249 g/mol. The van der Waals surface area contributed by atoms with Gasteiger partial charge in [0.1, 0.15) is 0 Å². The van der Waals surface area contributed by atoms with Gasteiger partial charge in [0, 0.05) is 11.8 Å². The smallest absolute Gasteiger partial charge is 0.306 e. The van der Waals surface area contributed by atoms with Gasteiger partial charge in [0.05, 0.1) is 6.61 Å². The molecule has 76 valence electrons. The summed E-state index contributed by atoms with van der Waals surface area (Å²) in [5.41, 5.74) is 0. The summed E-state index contributed by atoms with van der Waals surface area (Å²) in [6.45, 7) is 2.69. The highest BCUT2D eigenvalue weighted by molar-refractivity contribution is 9.09. The minimum atomic E-state index is -0.0121. The first-order valence-corrected chi connectivity index (χ1v) is 6.11. The maximum Gasteiger partial charge on any atom is 0.306 e. The van der Waals surface area contributed by atoms with Crippen LogP contribution in [-0.4, -0.2) is 17.9 Å². The molecule has 0 aromatic rings. The van der Waals surface area contributed by atoms with Crippen LogP contribution in [0.15, 0.2) is 0 Å². The van der Waals surface area contributed by atoms with Crippen LogP contribution < -0.4 is 0 Å². The number of halogens is 1. The van der Waals surface area contributed by atoms with E-state index in [-0.39, 0.29) is 5.97 Å². The van der Waals surface area contributed by atoms with Gasteiger partial charge in [-0.1, -0.05) is 29.3 Å². The zero-order valence-corrected chi connectivity index (χ0v) is 9.68. The summed E-state index contributed by atoms with van der Waals surface area (Å²) in [6.07, 6.45) is 3.88. The fourth-order valence-corrected chi connectivity index (χ4v) is 2.15. The first kappa shape index (κ1) is 11.0. The molecule has 0 N–H and O–H groups in total. The molecule has 0 heterocycles. The molecule has 1 rings (SSSR count). The maximum atomic E-state index is 11.2. The minimum Gasteiger partial charge on any atom is -0.466 e. The summed E-state index contributed by atoms with van der Waals surface area (Å²) >= 11 is 3.42. The normalized spacial score (nSPS) is 25.7. The van der Waals surface area contributed by atoms with Crippen molar-refractivity contribution in [2.45, 2.75) is 32.6 Å². The summed E-state index contributed by atoms with van der Waals surface area (Å²) in [5.74, 6) is 1.30. The van der Waals surface area contributed by atoms with Crippen molar-refractivity contribution in [2.24, 2.45) is 11.8 Å². The Labute approximate surface area is 88.2 Å². The molecule has 0 unspecified atom stereocenters. The van der Waals surface area contributed by atoms with E-state index in [4.69, 9.17) is 4.74 Å². The number of carbonyl (C=O) groups excluding carboxylic acids is 1. The van der Waals surface area contributed by atoms with Crippen molar-refractivity contribution in [2.75, 3.05) is 11.9 Å². The van der Waals surface area contributed by atoms with Gasteiger partial charge in [-0.15, -0.1) is 0 Å². The highest BCUT2D eigenvalue weighted by Gasteiger charge is 2.37. The third-order valence-corrected chi connectivity index (χ3v) is 3.29. The SMILES string of the molecule is CCCCOC(=O)C[C@@H]1C[C@@H]1CBr. The molecule has 1 fully saturated rings. The molecule has 0 aliphatic heterocycles. The molecule has 3 heteroatoms. The Morgan fingerprint density at radius 1 is 1.54 bits per heavy atom. The fourth-order valence-electron chi connectivity index (χ4n) is 1.35. The van der Waals surface area contributed by atoms with Crippen molar-refractivity contribution in [3.8, 4) is 0 Å². The summed E-state index contributed by atoms with van der Waals surface area (Å²) in [5, 5.41) is 1.03. The highest BCUT2D eigenvalue weighted by atomic mass is 79.9. The van der Waals surface area contributed by atoms with Crippen LogP contribution in [0.1, 0.15) is 32.6 Å². The molecule has 0 saturated heterocycles. The first-order valence-electron chi connectivity index (χ1n) is 4.99. The van der Waals surface area contributed by atoms with E-state index in [0.29, 0.717) is 18.9 Å².